The second-order valence-electron chi connectivity index (χ2n) is 9.28. The van der Waals surface area contributed by atoms with Crippen molar-refractivity contribution in [3.8, 4) is 0 Å². The van der Waals surface area contributed by atoms with E-state index in [9.17, 15) is 19.0 Å². The summed E-state index contributed by atoms with van der Waals surface area (Å²) in [6, 6.07) is 0. The molecule has 2 N–H and O–H groups in total. The summed E-state index contributed by atoms with van der Waals surface area (Å²) in [5, 5.41) is 20.1. The van der Waals surface area contributed by atoms with E-state index in [1.807, 2.05) is 6.92 Å². The van der Waals surface area contributed by atoms with Crippen molar-refractivity contribution in [3.63, 3.8) is 0 Å². The lowest BCUT2D eigenvalue weighted by molar-refractivity contribution is 0.0522. The van der Waals surface area contributed by atoms with E-state index in [0.717, 1.165) is 37.7 Å². The van der Waals surface area contributed by atoms with Gasteiger partial charge in [0.1, 0.15) is 0 Å². The van der Waals surface area contributed by atoms with Gasteiger partial charge >= 0.3 is 0 Å². The Kier molecular flexibility index (Phi) is 6.27. The Labute approximate surface area is 162 Å². The van der Waals surface area contributed by atoms with Crippen LogP contribution in [0.1, 0.15) is 65.2 Å². The molecule has 3 saturated carbocycles. The summed E-state index contributed by atoms with van der Waals surface area (Å²) in [4.78, 5) is 0. The van der Waals surface area contributed by atoms with Crippen molar-refractivity contribution in [3.05, 3.63) is 35.5 Å². The van der Waals surface area contributed by atoms with Gasteiger partial charge in [0.25, 0.3) is 0 Å². The first-order valence-electron chi connectivity index (χ1n) is 10.4. The lowest BCUT2D eigenvalue weighted by atomic mass is 9.61. The summed E-state index contributed by atoms with van der Waals surface area (Å²) >= 11 is 0. The summed E-state index contributed by atoms with van der Waals surface area (Å²) < 4.78 is 25.8. The van der Waals surface area contributed by atoms with E-state index in [-0.39, 0.29) is 17.8 Å². The lowest BCUT2D eigenvalue weighted by Gasteiger charge is -2.44. The molecule has 3 aliphatic rings. The number of hydrogen-bond acceptors (Lipinski definition) is 2. The molecule has 0 heterocycles. The molecule has 0 spiro atoms. The molecule has 0 amide bonds. The van der Waals surface area contributed by atoms with Gasteiger partial charge in [0.15, 0.2) is 0 Å². The summed E-state index contributed by atoms with van der Waals surface area (Å²) in [5.74, 6) is 0.906. The molecular weight excluding hydrogens is 346 g/mol. The van der Waals surface area contributed by atoms with Crippen LogP contribution < -0.4 is 0 Å². The molecule has 27 heavy (non-hydrogen) atoms. The molecule has 0 aliphatic heterocycles. The van der Waals surface area contributed by atoms with Gasteiger partial charge in [-0.2, -0.15) is 0 Å². The highest BCUT2D eigenvalue weighted by Crippen LogP contribution is 2.59. The Balaban J connectivity index is 1.76. The quantitative estimate of drug-likeness (QED) is 0.640. The number of hydrogen-bond donors (Lipinski definition) is 2. The Hall–Kier alpha value is -1.00. The van der Waals surface area contributed by atoms with Crippen LogP contribution in [0.4, 0.5) is 8.78 Å². The van der Waals surface area contributed by atoms with Gasteiger partial charge in [0.05, 0.1) is 12.2 Å². The van der Waals surface area contributed by atoms with Crippen molar-refractivity contribution >= 4 is 0 Å². The first-order chi connectivity index (χ1) is 12.7. The third kappa shape index (κ3) is 4.22. The first kappa shape index (κ1) is 20.7. The molecule has 3 fully saturated rings. The van der Waals surface area contributed by atoms with E-state index in [1.165, 1.54) is 5.57 Å². The molecule has 0 aromatic heterocycles. The van der Waals surface area contributed by atoms with Crippen LogP contribution in [0.15, 0.2) is 35.5 Å². The van der Waals surface area contributed by atoms with Crippen molar-refractivity contribution in [2.24, 2.45) is 23.2 Å². The number of allylic oxidation sites excluding steroid dienone is 3. The van der Waals surface area contributed by atoms with Crippen molar-refractivity contribution in [2.45, 2.75) is 83.8 Å². The van der Waals surface area contributed by atoms with Gasteiger partial charge in [-0.3, -0.25) is 0 Å². The van der Waals surface area contributed by atoms with Gasteiger partial charge in [0, 0.05) is 6.42 Å². The summed E-state index contributed by atoms with van der Waals surface area (Å²) in [6.45, 7) is 8.08. The van der Waals surface area contributed by atoms with Crippen molar-refractivity contribution in [1.29, 1.82) is 0 Å². The van der Waals surface area contributed by atoms with Crippen molar-refractivity contribution in [2.75, 3.05) is 0 Å². The summed E-state index contributed by atoms with van der Waals surface area (Å²) in [7, 11) is 0. The zero-order valence-corrected chi connectivity index (χ0v) is 16.6. The standard InChI is InChI=1S/C23H34F2O2/c1-14(11-22(24)25)18-8-9-19-17(5-4-10-23(18,19)3)7-6-16-12-20(26)15(2)21(27)13-16/h6-7,14,18-22,26-27H,2,4-5,8-13H2,1,3H3/b16-6?,17-7+/t14-,18-,19+,20-,21?,23?/m1/s1. The third-order valence-corrected chi connectivity index (χ3v) is 7.57. The van der Waals surface area contributed by atoms with Crippen LogP contribution in [-0.4, -0.2) is 28.8 Å². The predicted molar refractivity (Wildman–Crippen MR) is 105 cm³/mol. The molecule has 6 atom stereocenters. The van der Waals surface area contributed by atoms with Gasteiger partial charge < -0.3 is 10.2 Å². The number of aliphatic hydroxyl groups is 2. The number of fused-ring (bicyclic) bond motifs is 1. The molecule has 3 aliphatic carbocycles. The third-order valence-electron chi connectivity index (χ3n) is 7.57. The largest absolute Gasteiger partial charge is 0.388 e. The molecule has 2 unspecified atom stereocenters. The molecule has 2 nitrogen and oxygen atoms in total. The van der Waals surface area contributed by atoms with Crippen LogP contribution in [0, 0.1) is 23.2 Å². The number of aliphatic hydroxyl groups excluding tert-OH is 2. The highest BCUT2D eigenvalue weighted by molar-refractivity contribution is 5.29. The Morgan fingerprint density at radius 1 is 1.19 bits per heavy atom. The van der Waals surface area contributed by atoms with Crippen molar-refractivity contribution in [1.82, 2.24) is 0 Å². The van der Waals surface area contributed by atoms with Gasteiger partial charge in [-0.15, -0.1) is 0 Å². The van der Waals surface area contributed by atoms with Crippen LogP contribution in [-0.2, 0) is 0 Å². The predicted octanol–water partition coefficient (Wildman–Crippen LogP) is 5.42. The molecule has 0 radical (unpaired) electrons. The monoisotopic (exact) mass is 380 g/mol. The minimum atomic E-state index is -2.22. The maximum Gasteiger partial charge on any atom is 0.238 e. The van der Waals surface area contributed by atoms with Gasteiger partial charge in [0.2, 0.25) is 6.43 Å². The molecule has 4 heteroatoms. The Bertz CT molecular complexity index is 608. The zero-order chi connectivity index (χ0) is 19.8. The second-order valence-corrected chi connectivity index (χ2v) is 9.28. The minimum Gasteiger partial charge on any atom is -0.388 e. The van der Waals surface area contributed by atoms with E-state index in [0.29, 0.717) is 30.3 Å². The highest BCUT2D eigenvalue weighted by Gasteiger charge is 2.50. The fourth-order valence-electron chi connectivity index (χ4n) is 6.08. The van der Waals surface area contributed by atoms with E-state index < -0.39 is 18.6 Å². The summed E-state index contributed by atoms with van der Waals surface area (Å²) in [5.41, 5.74) is 3.12. The molecule has 0 aromatic carbocycles. The minimum absolute atomic E-state index is 0.00966. The number of alkyl halides is 2. The molecule has 0 aromatic rings. The van der Waals surface area contributed by atoms with Crippen LogP contribution in [0.5, 0.6) is 0 Å². The van der Waals surface area contributed by atoms with E-state index in [1.54, 1.807) is 0 Å². The average Bonchev–Trinajstić information content (AvgIpc) is 2.94. The molecule has 0 saturated heterocycles. The average molecular weight is 381 g/mol. The highest BCUT2D eigenvalue weighted by atomic mass is 19.3. The molecular formula is C23H34F2O2. The van der Waals surface area contributed by atoms with Gasteiger partial charge in [-0.05, 0) is 73.7 Å². The molecule has 3 rings (SSSR count). The SMILES string of the molecule is C=C1C(O)CC(=C/C=C2\CCCC3(C)[C@@H]([C@H](C)CC(F)F)CC[C@@H]23)C[C@H]1O. The van der Waals surface area contributed by atoms with E-state index in [4.69, 9.17) is 0 Å². The Morgan fingerprint density at radius 3 is 2.48 bits per heavy atom. The second kappa shape index (κ2) is 8.16. The normalized spacial score (nSPS) is 41.4. The zero-order valence-electron chi connectivity index (χ0n) is 16.6. The number of rotatable bonds is 4. The van der Waals surface area contributed by atoms with Crippen LogP contribution in [0.3, 0.4) is 0 Å². The first-order valence-corrected chi connectivity index (χ1v) is 10.4. The Morgan fingerprint density at radius 2 is 1.85 bits per heavy atom. The van der Waals surface area contributed by atoms with E-state index in [2.05, 4.69) is 25.7 Å². The maximum atomic E-state index is 12.9. The molecule has 0 bridgehead atoms. The maximum absolute atomic E-state index is 12.9. The van der Waals surface area contributed by atoms with Crippen LogP contribution in [0.2, 0.25) is 0 Å². The van der Waals surface area contributed by atoms with Crippen LogP contribution >= 0.6 is 0 Å². The van der Waals surface area contributed by atoms with Gasteiger partial charge in [-0.25, -0.2) is 8.78 Å². The van der Waals surface area contributed by atoms with E-state index >= 15 is 0 Å². The van der Waals surface area contributed by atoms with Crippen molar-refractivity contribution < 1.29 is 19.0 Å². The van der Waals surface area contributed by atoms with Gasteiger partial charge in [-0.1, -0.05) is 43.7 Å². The number of halogens is 2. The lowest BCUT2D eigenvalue weighted by Crippen LogP contribution is -2.36. The van der Waals surface area contributed by atoms with Crippen LogP contribution in [0.25, 0.3) is 0 Å². The summed E-state index contributed by atoms with van der Waals surface area (Å²) in [6.07, 6.45) is 7.25. The fraction of sp³-hybridized carbons (Fsp3) is 0.739. The fourth-order valence-corrected chi connectivity index (χ4v) is 6.08. The topological polar surface area (TPSA) is 40.5 Å². The smallest absolute Gasteiger partial charge is 0.238 e. The molecule has 152 valence electrons.